The number of nitrogens with two attached hydrogens (primary N) is 1. The van der Waals surface area contributed by atoms with Crippen LogP contribution in [0.15, 0.2) is 0 Å². The van der Waals surface area contributed by atoms with Crippen LogP contribution in [0.2, 0.25) is 0 Å². The van der Waals surface area contributed by atoms with Crippen molar-refractivity contribution in [2.45, 2.75) is 46.1 Å². The first-order valence-corrected chi connectivity index (χ1v) is 6.85. The Balaban J connectivity index is 2.09. The van der Waals surface area contributed by atoms with E-state index in [-0.39, 0.29) is 0 Å². The Hall–Kier alpha value is -0.770. The van der Waals surface area contributed by atoms with Crippen molar-refractivity contribution in [3.05, 3.63) is 5.56 Å². The number of nitrogens with zero attached hydrogens (tertiary/aromatic N) is 2. The average Bonchev–Trinajstić information content (AvgIpc) is 3.00. The number of hydrogen-bond donors (Lipinski definition) is 1. The minimum absolute atomic E-state index is 0.704. The molecule has 16 heavy (non-hydrogen) atoms. The summed E-state index contributed by atoms with van der Waals surface area (Å²) in [6.07, 6.45) is 3.90. The van der Waals surface area contributed by atoms with Crippen LogP contribution in [0.1, 0.15) is 38.7 Å². The monoisotopic (exact) mass is 239 g/mol. The predicted molar refractivity (Wildman–Crippen MR) is 71.1 cm³/mol. The first-order valence-electron chi connectivity index (χ1n) is 6.08. The standard InChI is InChI=1S/C12H21N3S/c1-8(2)6-7-15(10-4-5-10)12-9(3)11(13)14-16-12/h8,10H,4-7H2,1-3H3,(H2,13,14). The molecule has 3 nitrogen and oxygen atoms in total. The smallest absolute Gasteiger partial charge is 0.142 e. The summed E-state index contributed by atoms with van der Waals surface area (Å²) in [6.45, 7) is 7.78. The molecule has 0 atom stereocenters. The maximum Gasteiger partial charge on any atom is 0.142 e. The predicted octanol–water partition coefficient (Wildman–Crippen LogP) is 3.05. The van der Waals surface area contributed by atoms with Gasteiger partial charge in [-0.2, -0.15) is 4.37 Å². The van der Waals surface area contributed by atoms with Crippen LogP contribution in [0.4, 0.5) is 10.8 Å². The zero-order chi connectivity index (χ0) is 11.7. The fraction of sp³-hybridized carbons (Fsp3) is 0.750. The van der Waals surface area contributed by atoms with Crippen molar-refractivity contribution in [3.63, 3.8) is 0 Å². The van der Waals surface area contributed by atoms with Gasteiger partial charge < -0.3 is 10.6 Å². The lowest BCUT2D eigenvalue weighted by Gasteiger charge is -2.24. The Morgan fingerprint density at radius 3 is 2.62 bits per heavy atom. The largest absolute Gasteiger partial charge is 0.383 e. The zero-order valence-corrected chi connectivity index (χ0v) is 11.2. The maximum absolute atomic E-state index is 5.83. The highest BCUT2D eigenvalue weighted by Crippen LogP contribution is 2.38. The van der Waals surface area contributed by atoms with Crippen LogP contribution in [0.3, 0.4) is 0 Å². The lowest BCUT2D eigenvalue weighted by molar-refractivity contribution is 0.572. The quantitative estimate of drug-likeness (QED) is 0.858. The Kier molecular flexibility index (Phi) is 3.38. The summed E-state index contributed by atoms with van der Waals surface area (Å²) in [4.78, 5) is 2.52. The van der Waals surface area contributed by atoms with Gasteiger partial charge in [0.2, 0.25) is 0 Å². The Morgan fingerprint density at radius 1 is 1.50 bits per heavy atom. The van der Waals surface area contributed by atoms with Crippen LogP contribution < -0.4 is 10.6 Å². The molecule has 1 aromatic heterocycles. The molecule has 0 aromatic carbocycles. The number of hydrogen-bond acceptors (Lipinski definition) is 4. The first-order chi connectivity index (χ1) is 7.59. The van der Waals surface area contributed by atoms with Crippen molar-refractivity contribution in [2.75, 3.05) is 17.2 Å². The van der Waals surface area contributed by atoms with Crippen LogP contribution in [0, 0.1) is 12.8 Å². The van der Waals surface area contributed by atoms with E-state index in [9.17, 15) is 0 Å². The second-order valence-corrected chi connectivity index (χ2v) is 5.86. The molecular weight excluding hydrogens is 218 g/mol. The second kappa shape index (κ2) is 4.62. The van der Waals surface area contributed by atoms with E-state index in [1.165, 1.54) is 29.8 Å². The van der Waals surface area contributed by atoms with Crippen LogP contribution in [0.25, 0.3) is 0 Å². The van der Waals surface area contributed by atoms with E-state index in [0.29, 0.717) is 5.82 Å². The molecule has 1 aliphatic rings. The Bertz CT molecular complexity index is 355. The summed E-state index contributed by atoms with van der Waals surface area (Å²) in [5.74, 6) is 1.46. The van der Waals surface area contributed by atoms with Gasteiger partial charge in [-0.05, 0) is 43.6 Å². The molecule has 4 heteroatoms. The third-order valence-corrected chi connectivity index (χ3v) is 4.13. The lowest BCUT2D eigenvalue weighted by atomic mass is 10.1. The van der Waals surface area contributed by atoms with Gasteiger partial charge in [0.05, 0.1) is 0 Å². The van der Waals surface area contributed by atoms with Gasteiger partial charge in [0, 0.05) is 18.2 Å². The van der Waals surface area contributed by atoms with Crippen molar-refractivity contribution >= 4 is 22.4 Å². The van der Waals surface area contributed by atoms with Crippen molar-refractivity contribution in [2.24, 2.45) is 5.92 Å². The van der Waals surface area contributed by atoms with E-state index >= 15 is 0 Å². The van der Waals surface area contributed by atoms with Crippen LogP contribution >= 0.6 is 11.5 Å². The Labute approximate surface area is 102 Å². The molecule has 0 aliphatic heterocycles. The number of anilines is 2. The molecule has 2 rings (SSSR count). The fourth-order valence-electron chi connectivity index (χ4n) is 1.84. The van der Waals surface area contributed by atoms with E-state index in [2.05, 4.69) is 30.0 Å². The van der Waals surface area contributed by atoms with E-state index in [0.717, 1.165) is 18.5 Å². The summed E-state index contributed by atoms with van der Waals surface area (Å²) in [7, 11) is 0. The van der Waals surface area contributed by atoms with Crippen LogP contribution in [-0.2, 0) is 0 Å². The molecule has 0 radical (unpaired) electrons. The average molecular weight is 239 g/mol. The fourth-order valence-corrected chi connectivity index (χ4v) is 2.75. The summed E-state index contributed by atoms with van der Waals surface area (Å²) in [5.41, 5.74) is 6.99. The van der Waals surface area contributed by atoms with Gasteiger partial charge in [0.1, 0.15) is 10.8 Å². The summed E-state index contributed by atoms with van der Waals surface area (Å²) < 4.78 is 4.25. The molecule has 1 aromatic rings. The van der Waals surface area contributed by atoms with E-state index < -0.39 is 0 Å². The van der Waals surface area contributed by atoms with Gasteiger partial charge in [-0.1, -0.05) is 13.8 Å². The lowest BCUT2D eigenvalue weighted by Crippen LogP contribution is -2.27. The molecule has 90 valence electrons. The van der Waals surface area contributed by atoms with E-state index in [1.54, 1.807) is 11.5 Å². The second-order valence-electron chi connectivity index (χ2n) is 5.11. The number of rotatable bonds is 5. The Morgan fingerprint density at radius 2 is 2.19 bits per heavy atom. The number of aromatic nitrogens is 1. The molecule has 1 heterocycles. The van der Waals surface area contributed by atoms with Crippen molar-refractivity contribution in [1.82, 2.24) is 4.37 Å². The molecule has 1 fully saturated rings. The summed E-state index contributed by atoms with van der Waals surface area (Å²) >= 11 is 1.56. The zero-order valence-electron chi connectivity index (χ0n) is 10.4. The van der Waals surface area contributed by atoms with Gasteiger partial charge in [-0.25, -0.2) is 0 Å². The van der Waals surface area contributed by atoms with Gasteiger partial charge in [-0.15, -0.1) is 0 Å². The third kappa shape index (κ3) is 2.48. The normalized spacial score (nSPS) is 15.8. The van der Waals surface area contributed by atoms with Gasteiger partial charge in [0.15, 0.2) is 0 Å². The van der Waals surface area contributed by atoms with Crippen LogP contribution in [-0.4, -0.2) is 17.0 Å². The molecule has 0 amide bonds. The molecule has 1 saturated carbocycles. The molecule has 2 N–H and O–H groups in total. The van der Waals surface area contributed by atoms with E-state index in [1.807, 2.05) is 0 Å². The van der Waals surface area contributed by atoms with Gasteiger partial charge in [-0.3, -0.25) is 0 Å². The molecule has 0 unspecified atom stereocenters. The van der Waals surface area contributed by atoms with Gasteiger partial charge in [0.25, 0.3) is 0 Å². The van der Waals surface area contributed by atoms with Crippen molar-refractivity contribution in [3.8, 4) is 0 Å². The molecule has 1 aliphatic carbocycles. The van der Waals surface area contributed by atoms with Crippen molar-refractivity contribution < 1.29 is 0 Å². The first kappa shape index (κ1) is 11.7. The minimum Gasteiger partial charge on any atom is -0.383 e. The minimum atomic E-state index is 0.704. The third-order valence-electron chi connectivity index (χ3n) is 3.13. The molecular formula is C12H21N3S. The maximum atomic E-state index is 5.83. The van der Waals surface area contributed by atoms with Crippen molar-refractivity contribution in [1.29, 1.82) is 0 Å². The summed E-state index contributed by atoms with van der Waals surface area (Å²) in [6, 6.07) is 0.747. The molecule has 0 saturated heterocycles. The topological polar surface area (TPSA) is 42.1 Å². The highest BCUT2D eigenvalue weighted by Gasteiger charge is 2.31. The molecule has 0 bridgehead atoms. The van der Waals surface area contributed by atoms with E-state index in [4.69, 9.17) is 5.73 Å². The number of nitrogen functional groups attached to an aromatic ring is 1. The highest BCUT2D eigenvalue weighted by molar-refractivity contribution is 7.10. The summed E-state index contributed by atoms with van der Waals surface area (Å²) in [5, 5.41) is 1.29. The SMILES string of the molecule is Cc1c(N)nsc1N(CCC(C)C)C1CC1. The van der Waals surface area contributed by atoms with Crippen LogP contribution in [0.5, 0.6) is 0 Å². The molecule has 0 spiro atoms. The van der Waals surface area contributed by atoms with Gasteiger partial charge >= 0.3 is 0 Å². The highest BCUT2D eigenvalue weighted by atomic mass is 32.1.